The summed E-state index contributed by atoms with van der Waals surface area (Å²) in [6.07, 6.45) is 5.25. The average molecular weight is 353 g/mol. The number of likely N-dealkylation sites (N-methyl/N-ethyl adjacent to an activating group) is 1. The molecule has 3 rings (SSSR count). The molecule has 1 saturated heterocycles. The maximum atomic E-state index is 6.53. The van der Waals surface area contributed by atoms with Gasteiger partial charge in [0.15, 0.2) is 0 Å². The first kappa shape index (κ1) is 17.6. The highest BCUT2D eigenvalue weighted by Crippen LogP contribution is 2.35. The zero-order chi connectivity index (χ0) is 16.4. The third-order valence-electron chi connectivity index (χ3n) is 5.47. The Morgan fingerprint density at radius 2 is 1.96 bits per heavy atom. The van der Waals surface area contributed by atoms with Gasteiger partial charge >= 0.3 is 0 Å². The van der Waals surface area contributed by atoms with Gasteiger partial charge in [0.2, 0.25) is 0 Å². The molecule has 1 aliphatic heterocycles. The number of hydrogen-bond acceptors (Lipinski definition) is 3. The average Bonchev–Trinajstić information content (AvgIpc) is 3.38. The Kier molecular flexibility index (Phi) is 5.95. The number of halogens is 1. The van der Waals surface area contributed by atoms with Crippen molar-refractivity contribution in [3.05, 3.63) is 34.3 Å². The van der Waals surface area contributed by atoms with E-state index in [0.29, 0.717) is 5.92 Å². The summed E-state index contributed by atoms with van der Waals surface area (Å²) in [7, 11) is 2.27. The lowest BCUT2D eigenvalue weighted by atomic mass is 9.88. The second-order valence-corrected chi connectivity index (χ2v) is 8.47. The molecular formula is C19H29ClN2S. The maximum Gasteiger partial charge on any atom is 0.0443 e. The van der Waals surface area contributed by atoms with Gasteiger partial charge in [-0.2, -0.15) is 12.6 Å². The molecule has 1 aromatic rings. The Bertz CT molecular complexity index is 522. The minimum absolute atomic E-state index is 0.242. The monoisotopic (exact) mass is 352 g/mol. The Morgan fingerprint density at radius 1 is 1.26 bits per heavy atom. The van der Waals surface area contributed by atoms with Gasteiger partial charge in [-0.1, -0.05) is 23.7 Å². The van der Waals surface area contributed by atoms with Gasteiger partial charge in [0.1, 0.15) is 0 Å². The van der Waals surface area contributed by atoms with Crippen LogP contribution in [0.25, 0.3) is 0 Å². The van der Waals surface area contributed by atoms with E-state index < -0.39 is 0 Å². The first-order chi connectivity index (χ1) is 11.0. The van der Waals surface area contributed by atoms with Crippen LogP contribution in [-0.2, 0) is 0 Å². The quantitative estimate of drug-likeness (QED) is 0.747. The van der Waals surface area contributed by atoms with Crippen LogP contribution < -0.4 is 0 Å². The lowest BCUT2D eigenvalue weighted by Gasteiger charge is -2.33. The number of likely N-dealkylation sites (tertiary alicyclic amines) is 1. The van der Waals surface area contributed by atoms with Crippen molar-refractivity contribution in [2.45, 2.75) is 49.8 Å². The van der Waals surface area contributed by atoms with Gasteiger partial charge in [0, 0.05) is 29.4 Å². The zero-order valence-electron chi connectivity index (χ0n) is 14.3. The summed E-state index contributed by atoms with van der Waals surface area (Å²) >= 11 is 11.0. The highest BCUT2D eigenvalue weighted by Gasteiger charge is 2.27. The van der Waals surface area contributed by atoms with Crippen LogP contribution in [0.4, 0.5) is 0 Å². The highest BCUT2D eigenvalue weighted by atomic mass is 35.5. The molecule has 2 nitrogen and oxygen atoms in total. The lowest BCUT2D eigenvalue weighted by Crippen LogP contribution is -2.38. The van der Waals surface area contributed by atoms with Crippen molar-refractivity contribution in [3.63, 3.8) is 0 Å². The van der Waals surface area contributed by atoms with Crippen molar-refractivity contribution in [2.24, 2.45) is 0 Å². The van der Waals surface area contributed by atoms with E-state index in [2.05, 4.69) is 54.6 Å². The fourth-order valence-corrected chi connectivity index (χ4v) is 4.10. The summed E-state index contributed by atoms with van der Waals surface area (Å²) in [5, 5.41) is 1.17. The zero-order valence-corrected chi connectivity index (χ0v) is 16.0. The molecule has 1 saturated carbocycles. The Balaban J connectivity index is 1.50. The molecule has 1 atom stereocenters. The number of nitrogens with zero attached hydrogens (tertiary/aromatic N) is 2. The second kappa shape index (κ2) is 7.77. The number of rotatable bonds is 6. The van der Waals surface area contributed by atoms with E-state index in [1.165, 1.54) is 63.0 Å². The molecule has 2 fully saturated rings. The van der Waals surface area contributed by atoms with Gasteiger partial charge in [0.25, 0.3) is 0 Å². The van der Waals surface area contributed by atoms with Gasteiger partial charge < -0.3 is 9.80 Å². The molecule has 1 unspecified atom stereocenters. The molecule has 128 valence electrons. The van der Waals surface area contributed by atoms with Crippen LogP contribution in [0, 0.1) is 0 Å². The molecule has 0 radical (unpaired) electrons. The van der Waals surface area contributed by atoms with E-state index in [0.717, 1.165) is 11.1 Å². The summed E-state index contributed by atoms with van der Waals surface area (Å²) in [5.41, 5.74) is 2.54. The fourth-order valence-electron chi connectivity index (χ4n) is 3.60. The molecule has 1 heterocycles. The first-order valence-corrected chi connectivity index (χ1v) is 9.84. The molecule has 1 aromatic carbocycles. The van der Waals surface area contributed by atoms with Crippen molar-refractivity contribution in [1.82, 2.24) is 9.80 Å². The van der Waals surface area contributed by atoms with Gasteiger partial charge in [-0.15, -0.1) is 0 Å². The first-order valence-electron chi connectivity index (χ1n) is 8.94. The third-order valence-corrected chi connectivity index (χ3v) is 6.10. The normalized spacial score (nSPS) is 21.8. The Labute approximate surface area is 151 Å². The standard InChI is InChI=1S/C19H29ClN2S/c1-14(23)16-3-6-18(19(20)13-16)15-7-9-22(10-8-15)12-11-21(2)17-4-5-17/h3,6,13-15,17,23H,4-5,7-12H2,1-2H3. The van der Waals surface area contributed by atoms with Crippen LogP contribution in [0.15, 0.2) is 18.2 Å². The lowest BCUT2D eigenvalue weighted by molar-refractivity contribution is 0.182. The van der Waals surface area contributed by atoms with Crippen molar-refractivity contribution in [1.29, 1.82) is 0 Å². The SMILES string of the molecule is CC(S)c1ccc(C2CCN(CCN(C)C3CC3)CC2)c(Cl)c1. The van der Waals surface area contributed by atoms with Gasteiger partial charge in [0.05, 0.1) is 0 Å². The number of piperidine rings is 1. The van der Waals surface area contributed by atoms with Crippen LogP contribution in [0.2, 0.25) is 5.02 Å². The molecule has 4 heteroatoms. The third kappa shape index (κ3) is 4.66. The minimum Gasteiger partial charge on any atom is -0.302 e. The largest absolute Gasteiger partial charge is 0.302 e. The molecule has 0 spiro atoms. The van der Waals surface area contributed by atoms with E-state index in [9.17, 15) is 0 Å². The fraction of sp³-hybridized carbons (Fsp3) is 0.684. The number of thiol groups is 1. The Morgan fingerprint density at radius 3 is 2.52 bits per heavy atom. The summed E-state index contributed by atoms with van der Waals surface area (Å²) in [6, 6.07) is 7.39. The minimum atomic E-state index is 0.242. The number of benzene rings is 1. The molecule has 0 amide bonds. The summed E-state index contributed by atoms with van der Waals surface area (Å²) < 4.78 is 0. The molecule has 2 aliphatic rings. The maximum absolute atomic E-state index is 6.53. The molecular weight excluding hydrogens is 324 g/mol. The van der Waals surface area contributed by atoms with Crippen LogP contribution in [-0.4, -0.2) is 49.1 Å². The van der Waals surface area contributed by atoms with Crippen LogP contribution in [0.1, 0.15) is 54.9 Å². The molecule has 23 heavy (non-hydrogen) atoms. The summed E-state index contributed by atoms with van der Waals surface area (Å²) in [5.74, 6) is 0.615. The van der Waals surface area contributed by atoms with E-state index in [-0.39, 0.29) is 5.25 Å². The van der Waals surface area contributed by atoms with Crippen molar-refractivity contribution in [2.75, 3.05) is 33.2 Å². The smallest absolute Gasteiger partial charge is 0.0443 e. The molecule has 0 N–H and O–H groups in total. The Hall–Kier alpha value is -0.220. The predicted octanol–water partition coefficient (Wildman–Crippen LogP) is 4.60. The van der Waals surface area contributed by atoms with Gasteiger partial charge in [-0.05, 0) is 75.9 Å². The van der Waals surface area contributed by atoms with E-state index in [1.807, 2.05) is 0 Å². The molecule has 0 aromatic heterocycles. The van der Waals surface area contributed by atoms with Gasteiger partial charge in [-0.25, -0.2) is 0 Å². The van der Waals surface area contributed by atoms with E-state index in [4.69, 9.17) is 11.6 Å². The topological polar surface area (TPSA) is 6.48 Å². The summed E-state index contributed by atoms with van der Waals surface area (Å²) in [4.78, 5) is 5.15. The highest BCUT2D eigenvalue weighted by molar-refractivity contribution is 7.80. The van der Waals surface area contributed by atoms with Crippen molar-refractivity contribution < 1.29 is 0 Å². The van der Waals surface area contributed by atoms with Crippen molar-refractivity contribution >= 4 is 24.2 Å². The predicted molar refractivity (Wildman–Crippen MR) is 103 cm³/mol. The van der Waals surface area contributed by atoms with Gasteiger partial charge in [-0.3, -0.25) is 0 Å². The van der Waals surface area contributed by atoms with Crippen LogP contribution in [0.3, 0.4) is 0 Å². The van der Waals surface area contributed by atoms with E-state index >= 15 is 0 Å². The molecule has 0 bridgehead atoms. The molecule has 1 aliphatic carbocycles. The summed E-state index contributed by atoms with van der Waals surface area (Å²) in [6.45, 7) is 6.91. The van der Waals surface area contributed by atoms with Crippen LogP contribution in [0.5, 0.6) is 0 Å². The number of hydrogen-bond donors (Lipinski definition) is 1. The van der Waals surface area contributed by atoms with E-state index in [1.54, 1.807) is 0 Å². The van der Waals surface area contributed by atoms with Crippen molar-refractivity contribution in [3.8, 4) is 0 Å². The van der Waals surface area contributed by atoms with Crippen LogP contribution >= 0.6 is 24.2 Å². The second-order valence-electron chi connectivity index (χ2n) is 7.28.